The van der Waals surface area contributed by atoms with Crippen LogP contribution in [0.2, 0.25) is 10.0 Å². The number of nitrogens with zero attached hydrogens (tertiary/aromatic N) is 2. The van der Waals surface area contributed by atoms with Crippen molar-refractivity contribution in [3.05, 3.63) is 52.5 Å². The second kappa shape index (κ2) is 7.17. The average Bonchev–Trinajstić information content (AvgIpc) is 3.05. The van der Waals surface area contributed by atoms with Crippen LogP contribution in [0.5, 0.6) is 5.75 Å². The Hall–Kier alpha value is -1.87. The van der Waals surface area contributed by atoms with Gasteiger partial charge in [-0.3, -0.25) is 4.72 Å². The molecule has 0 unspecified atom stereocenters. The van der Waals surface area contributed by atoms with Gasteiger partial charge in [0, 0.05) is 5.56 Å². The number of hydrogen-bond acceptors (Lipinski definition) is 6. The van der Waals surface area contributed by atoms with Gasteiger partial charge in [0.05, 0.1) is 12.1 Å². The molecule has 3 rings (SSSR count). The molecule has 1 N–H and O–H groups in total. The summed E-state index contributed by atoms with van der Waals surface area (Å²) in [5.74, 6) is 0.285. The van der Waals surface area contributed by atoms with Crippen molar-refractivity contribution in [2.75, 3.05) is 11.8 Å². The van der Waals surface area contributed by atoms with Crippen molar-refractivity contribution in [1.82, 2.24) is 10.2 Å². The molecular formula is C15H11Cl2N3O3S2. The Bertz CT molecular complexity index is 1010. The number of hydrogen-bond donors (Lipinski definition) is 1. The molecule has 3 aromatic rings. The monoisotopic (exact) mass is 415 g/mol. The molecule has 0 bridgehead atoms. The molecule has 0 saturated carbocycles. The molecule has 1 heterocycles. The molecule has 0 aliphatic carbocycles. The lowest BCUT2D eigenvalue weighted by molar-refractivity contribution is 0.414. The lowest BCUT2D eigenvalue weighted by Crippen LogP contribution is -2.13. The second-order valence-electron chi connectivity index (χ2n) is 4.78. The van der Waals surface area contributed by atoms with Gasteiger partial charge in [-0.15, -0.1) is 10.2 Å². The maximum absolute atomic E-state index is 12.6. The van der Waals surface area contributed by atoms with E-state index < -0.39 is 10.0 Å². The van der Waals surface area contributed by atoms with E-state index in [2.05, 4.69) is 14.9 Å². The summed E-state index contributed by atoms with van der Waals surface area (Å²) in [6.45, 7) is 0. The SMILES string of the molecule is COc1ccc(S(=O)(=O)Nc2nnc(-c3ccccc3)s2)c(Cl)c1Cl. The number of aromatic nitrogens is 2. The minimum atomic E-state index is -3.97. The van der Waals surface area contributed by atoms with Crippen molar-refractivity contribution in [1.29, 1.82) is 0 Å². The lowest BCUT2D eigenvalue weighted by atomic mass is 10.2. The van der Waals surface area contributed by atoms with Gasteiger partial charge in [-0.05, 0) is 12.1 Å². The molecule has 0 amide bonds. The van der Waals surface area contributed by atoms with Gasteiger partial charge in [0.25, 0.3) is 10.0 Å². The van der Waals surface area contributed by atoms with E-state index in [0.29, 0.717) is 5.01 Å². The number of ether oxygens (including phenoxy) is 1. The number of methoxy groups -OCH3 is 1. The Morgan fingerprint density at radius 1 is 1.04 bits per heavy atom. The highest BCUT2D eigenvalue weighted by Crippen LogP contribution is 2.37. The van der Waals surface area contributed by atoms with Gasteiger partial charge in [0.15, 0.2) is 0 Å². The minimum absolute atomic E-state index is 0.0225. The van der Waals surface area contributed by atoms with E-state index in [4.69, 9.17) is 27.9 Å². The molecule has 0 radical (unpaired) electrons. The number of halogens is 2. The third-order valence-corrected chi connectivity index (χ3v) is 6.56. The van der Waals surface area contributed by atoms with Gasteiger partial charge in [-0.2, -0.15) is 0 Å². The van der Waals surface area contributed by atoms with Crippen LogP contribution in [0.3, 0.4) is 0 Å². The summed E-state index contributed by atoms with van der Waals surface area (Å²) in [5, 5.41) is 8.48. The maximum atomic E-state index is 12.6. The Balaban J connectivity index is 1.90. The lowest BCUT2D eigenvalue weighted by Gasteiger charge is -2.10. The zero-order valence-corrected chi connectivity index (χ0v) is 15.9. The van der Waals surface area contributed by atoms with Crippen LogP contribution in [0, 0.1) is 0 Å². The van der Waals surface area contributed by atoms with E-state index in [1.807, 2.05) is 30.3 Å². The first-order valence-corrected chi connectivity index (χ1v) is 9.91. The van der Waals surface area contributed by atoms with Crippen LogP contribution in [0.4, 0.5) is 5.13 Å². The van der Waals surface area contributed by atoms with Crippen molar-refractivity contribution in [2.45, 2.75) is 4.90 Å². The Morgan fingerprint density at radius 3 is 2.44 bits per heavy atom. The smallest absolute Gasteiger partial charge is 0.265 e. The van der Waals surface area contributed by atoms with Crippen molar-refractivity contribution >= 4 is 49.7 Å². The van der Waals surface area contributed by atoms with Gasteiger partial charge in [0.1, 0.15) is 20.7 Å². The van der Waals surface area contributed by atoms with Crippen molar-refractivity contribution in [3.8, 4) is 16.3 Å². The molecule has 0 aliphatic rings. The van der Waals surface area contributed by atoms with Gasteiger partial charge >= 0.3 is 0 Å². The molecule has 0 aliphatic heterocycles. The summed E-state index contributed by atoms with van der Waals surface area (Å²) < 4.78 is 32.5. The maximum Gasteiger partial charge on any atom is 0.265 e. The molecule has 0 spiro atoms. The van der Waals surface area contributed by atoms with Crippen LogP contribution in [-0.2, 0) is 10.0 Å². The zero-order chi connectivity index (χ0) is 18.0. The van der Waals surface area contributed by atoms with Crippen LogP contribution in [-0.4, -0.2) is 25.7 Å². The van der Waals surface area contributed by atoms with Crippen molar-refractivity contribution < 1.29 is 13.2 Å². The van der Waals surface area contributed by atoms with Crippen molar-refractivity contribution in [2.24, 2.45) is 0 Å². The fourth-order valence-corrected chi connectivity index (χ4v) is 4.83. The van der Waals surface area contributed by atoms with E-state index in [1.54, 1.807) is 0 Å². The molecule has 0 atom stereocenters. The van der Waals surface area contributed by atoms with Gasteiger partial charge in [0.2, 0.25) is 5.13 Å². The molecule has 10 heteroatoms. The summed E-state index contributed by atoms with van der Waals surface area (Å²) in [7, 11) is -2.56. The first kappa shape index (κ1) is 17.9. The van der Waals surface area contributed by atoms with Gasteiger partial charge in [-0.1, -0.05) is 64.9 Å². The minimum Gasteiger partial charge on any atom is -0.495 e. The Labute approximate surface area is 158 Å². The van der Waals surface area contributed by atoms with Crippen LogP contribution in [0.15, 0.2) is 47.4 Å². The quantitative estimate of drug-likeness (QED) is 0.670. The topological polar surface area (TPSA) is 81.2 Å². The fraction of sp³-hybridized carbons (Fsp3) is 0.0667. The van der Waals surface area contributed by atoms with Crippen LogP contribution in [0.25, 0.3) is 10.6 Å². The Morgan fingerprint density at radius 2 is 1.76 bits per heavy atom. The third kappa shape index (κ3) is 3.72. The summed E-state index contributed by atoms with van der Waals surface area (Å²) >= 11 is 13.2. The van der Waals surface area contributed by atoms with E-state index in [9.17, 15) is 8.42 Å². The van der Waals surface area contributed by atoms with Crippen molar-refractivity contribution in [3.63, 3.8) is 0 Å². The number of benzene rings is 2. The molecule has 130 valence electrons. The predicted octanol–water partition coefficient (Wildman–Crippen LogP) is 4.32. The van der Waals surface area contributed by atoms with E-state index in [0.717, 1.165) is 16.9 Å². The largest absolute Gasteiger partial charge is 0.495 e. The fourth-order valence-electron chi connectivity index (χ4n) is 2.01. The van der Waals surface area contributed by atoms with E-state index in [-0.39, 0.29) is 25.8 Å². The van der Waals surface area contributed by atoms with Crippen LogP contribution < -0.4 is 9.46 Å². The number of rotatable bonds is 5. The third-order valence-electron chi connectivity index (χ3n) is 3.19. The second-order valence-corrected chi connectivity index (χ2v) is 8.16. The molecular weight excluding hydrogens is 405 g/mol. The number of sulfonamides is 1. The highest BCUT2D eigenvalue weighted by Gasteiger charge is 2.23. The first-order chi connectivity index (χ1) is 11.9. The molecule has 1 aromatic heterocycles. The van der Waals surface area contributed by atoms with E-state index in [1.165, 1.54) is 19.2 Å². The molecule has 2 aromatic carbocycles. The molecule has 0 saturated heterocycles. The molecule has 6 nitrogen and oxygen atoms in total. The summed E-state index contributed by atoms with van der Waals surface area (Å²) in [5.41, 5.74) is 0.843. The standard InChI is InChI=1S/C15H11Cl2N3O3S2/c1-23-10-7-8-11(13(17)12(10)16)25(21,22)20-15-19-18-14(24-15)9-5-3-2-4-6-9/h2-8H,1H3,(H,19,20). The van der Waals surface area contributed by atoms with Crippen LogP contribution >= 0.6 is 34.5 Å². The van der Waals surface area contributed by atoms with Crippen LogP contribution in [0.1, 0.15) is 0 Å². The highest BCUT2D eigenvalue weighted by atomic mass is 35.5. The number of anilines is 1. The predicted molar refractivity (Wildman–Crippen MR) is 99.2 cm³/mol. The molecule has 0 fully saturated rings. The normalized spacial score (nSPS) is 11.3. The molecule has 25 heavy (non-hydrogen) atoms. The summed E-state index contributed by atoms with van der Waals surface area (Å²) in [6, 6.07) is 12.1. The highest BCUT2D eigenvalue weighted by molar-refractivity contribution is 7.93. The average molecular weight is 416 g/mol. The zero-order valence-electron chi connectivity index (χ0n) is 12.7. The van der Waals surface area contributed by atoms with Gasteiger partial charge in [-0.25, -0.2) is 8.42 Å². The summed E-state index contributed by atoms with van der Waals surface area (Å²) in [4.78, 5) is -0.170. The number of nitrogens with one attached hydrogen (secondary N) is 1. The summed E-state index contributed by atoms with van der Waals surface area (Å²) in [6.07, 6.45) is 0. The first-order valence-electron chi connectivity index (χ1n) is 6.86. The van der Waals surface area contributed by atoms with E-state index >= 15 is 0 Å². The van der Waals surface area contributed by atoms with Gasteiger partial charge < -0.3 is 4.74 Å². The Kier molecular flexibility index (Phi) is 5.14.